The van der Waals surface area contributed by atoms with E-state index in [1.807, 2.05) is 12.1 Å². The molecule has 1 N–H and O–H groups in total. The van der Waals surface area contributed by atoms with Crippen molar-refractivity contribution in [3.05, 3.63) is 82.4 Å². The largest absolute Gasteiger partial charge is 0.389 e. The Morgan fingerprint density at radius 1 is 1.17 bits per heavy atom. The molecule has 2 heterocycles. The van der Waals surface area contributed by atoms with Gasteiger partial charge in [-0.2, -0.15) is 5.10 Å². The third-order valence-corrected chi connectivity index (χ3v) is 5.45. The summed E-state index contributed by atoms with van der Waals surface area (Å²) in [4.78, 5) is 14.5. The number of aromatic nitrogens is 2. The zero-order valence-corrected chi connectivity index (χ0v) is 17.5. The predicted molar refractivity (Wildman–Crippen MR) is 113 cm³/mol. The van der Waals surface area contributed by atoms with E-state index in [0.29, 0.717) is 29.8 Å². The van der Waals surface area contributed by atoms with E-state index in [0.717, 1.165) is 23.1 Å². The molecule has 1 aliphatic heterocycles. The fourth-order valence-corrected chi connectivity index (χ4v) is 4.06. The number of nitrogens with zero attached hydrogens (tertiary/aromatic N) is 3. The van der Waals surface area contributed by atoms with Gasteiger partial charge in [-0.15, -0.1) is 0 Å². The van der Waals surface area contributed by atoms with Gasteiger partial charge in [0, 0.05) is 37.5 Å². The van der Waals surface area contributed by atoms with Crippen LogP contribution >= 0.6 is 0 Å². The number of benzene rings is 2. The topological polar surface area (TPSA) is 58.4 Å². The number of carbonyl (C=O) groups excluding carboxylic acids is 1. The van der Waals surface area contributed by atoms with Gasteiger partial charge < -0.3 is 10.0 Å². The highest BCUT2D eigenvalue weighted by molar-refractivity contribution is 5.98. The van der Waals surface area contributed by atoms with Crippen LogP contribution in [-0.4, -0.2) is 37.8 Å². The van der Waals surface area contributed by atoms with Gasteiger partial charge in [0.2, 0.25) is 0 Å². The van der Waals surface area contributed by atoms with E-state index in [9.17, 15) is 14.3 Å². The molecule has 0 saturated heterocycles. The van der Waals surface area contributed by atoms with Gasteiger partial charge in [-0.1, -0.05) is 19.1 Å². The van der Waals surface area contributed by atoms with Crippen molar-refractivity contribution in [3.8, 4) is 5.69 Å². The zero-order chi connectivity index (χ0) is 21.5. The average molecular weight is 407 g/mol. The Kier molecular flexibility index (Phi) is 5.20. The molecule has 0 spiro atoms. The molecule has 0 fully saturated rings. The maximum Gasteiger partial charge on any atom is 0.254 e. The average Bonchev–Trinajstić information content (AvgIpc) is 3.31. The minimum Gasteiger partial charge on any atom is -0.389 e. The van der Waals surface area contributed by atoms with E-state index in [1.165, 1.54) is 6.07 Å². The molecule has 4 rings (SSSR count). The summed E-state index contributed by atoms with van der Waals surface area (Å²) in [7, 11) is 0. The van der Waals surface area contributed by atoms with Crippen LogP contribution < -0.4 is 0 Å². The van der Waals surface area contributed by atoms with Crippen LogP contribution in [-0.2, 0) is 19.4 Å². The summed E-state index contributed by atoms with van der Waals surface area (Å²) in [5.74, 6) is -0.369. The second-order valence-electron chi connectivity index (χ2n) is 8.51. The highest BCUT2D eigenvalue weighted by Crippen LogP contribution is 2.29. The molecule has 156 valence electrons. The van der Waals surface area contributed by atoms with Crippen molar-refractivity contribution in [1.82, 2.24) is 14.7 Å². The van der Waals surface area contributed by atoms with Crippen LogP contribution in [0.25, 0.3) is 5.69 Å². The molecule has 0 radical (unpaired) electrons. The van der Waals surface area contributed by atoms with Gasteiger partial charge in [0.15, 0.2) is 0 Å². The lowest BCUT2D eigenvalue weighted by molar-refractivity contribution is 0.0314. The Hall–Kier alpha value is -2.99. The standard InChI is InChI=1S/C24H26FN3O2/c1-4-16-10-19-14-27(15-24(2,3)30)23(29)21(19)12-18(16)11-17-6-7-20(13-22(17)25)28-9-5-8-26-28/h5-10,12-13,30H,4,11,14-15H2,1-3H3. The second-order valence-corrected chi connectivity index (χ2v) is 8.51. The lowest BCUT2D eigenvalue weighted by Gasteiger charge is -2.24. The molecule has 0 saturated carbocycles. The molecule has 6 heteroatoms. The first-order valence-corrected chi connectivity index (χ1v) is 10.2. The number of fused-ring (bicyclic) bond motifs is 1. The first kappa shape index (κ1) is 20.3. The number of carbonyl (C=O) groups is 1. The molecule has 0 atom stereocenters. The van der Waals surface area contributed by atoms with Crippen LogP contribution in [0.15, 0.2) is 48.8 Å². The number of aliphatic hydroxyl groups is 1. The van der Waals surface area contributed by atoms with E-state index in [4.69, 9.17) is 0 Å². The van der Waals surface area contributed by atoms with E-state index in [1.54, 1.807) is 48.0 Å². The van der Waals surface area contributed by atoms with Crippen molar-refractivity contribution in [2.45, 2.75) is 45.8 Å². The van der Waals surface area contributed by atoms with Crippen LogP contribution in [0.2, 0.25) is 0 Å². The zero-order valence-electron chi connectivity index (χ0n) is 17.5. The lowest BCUT2D eigenvalue weighted by Crippen LogP contribution is -2.38. The van der Waals surface area contributed by atoms with E-state index >= 15 is 0 Å². The number of halogens is 1. The first-order chi connectivity index (χ1) is 14.2. The van der Waals surface area contributed by atoms with Crippen molar-refractivity contribution < 1.29 is 14.3 Å². The van der Waals surface area contributed by atoms with Crippen LogP contribution in [0.3, 0.4) is 0 Å². The van der Waals surface area contributed by atoms with Crippen molar-refractivity contribution >= 4 is 5.91 Å². The number of hydrogen-bond acceptors (Lipinski definition) is 3. The fourth-order valence-electron chi connectivity index (χ4n) is 4.06. The molecule has 0 aliphatic carbocycles. The van der Waals surface area contributed by atoms with E-state index in [2.05, 4.69) is 18.1 Å². The summed E-state index contributed by atoms with van der Waals surface area (Å²) in [6.45, 7) is 6.23. The van der Waals surface area contributed by atoms with Gasteiger partial charge in [-0.25, -0.2) is 9.07 Å². The Bertz CT molecular complexity index is 1080. The number of aryl methyl sites for hydroxylation is 1. The highest BCUT2D eigenvalue weighted by atomic mass is 19.1. The van der Waals surface area contributed by atoms with Crippen LogP contribution in [0, 0.1) is 5.82 Å². The highest BCUT2D eigenvalue weighted by Gasteiger charge is 2.31. The molecular formula is C24H26FN3O2. The molecule has 0 unspecified atom stereocenters. The van der Waals surface area contributed by atoms with Gasteiger partial charge in [0.1, 0.15) is 5.82 Å². The van der Waals surface area contributed by atoms with Gasteiger partial charge in [-0.05, 0) is 66.8 Å². The molecule has 30 heavy (non-hydrogen) atoms. The first-order valence-electron chi connectivity index (χ1n) is 10.2. The quantitative estimate of drug-likeness (QED) is 0.674. The molecular weight excluding hydrogens is 381 g/mol. The smallest absolute Gasteiger partial charge is 0.254 e. The summed E-state index contributed by atoms with van der Waals surface area (Å²) in [5, 5.41) is 14.2. The van der Waals surface area contributed by atoms with Crippen LogP contribution in [0.5, 0.6) is 0 Å². The third-order valence-electron chi connectivity index (χ3n) is 5.45. The van der Waals surface area contributed by atoms with Crippen molar-refractivity contribution in [2.75, 3.05) is 6.54 Å². The Morgan fingerprint density at radius 2 is 1.97 bits per heavy atom. The SMILES string of the molecule is CCc1cc2c(cc1Cc1ccc(-n3cccn3)cc1F)C(=O)N(CC(C)(C)O)C2. The molecule has 1 amide bonds. The number of amides is 1. The number of rotatable bonds is 6. The maximum absolute atomic E-state index is 14.8. The van der Waals surface area contributed by atoms with Crippen LogP contribution in [0.1, 0.15) is 53.4 Å². The van der Waals surface area contributed by atoms with Crippen molar-refractivity contribution in [2.24, 2.45) is 0 Å². The summed E-state index contributed by atoms with van der Waals surface area (Å²) in [6, 6.07) is 10.9. The summed E-state index contributed by atoms with van der Waals surface area (Å²) in [6.07, 6.45) is 4.65. The Morgan fingerprint density at radius 3 is 2.60 bits per heavy atom. The summed E-state index contributed by atoms with van der Waals surface area (Å²) < 4.78 is 16.4. The van der Waals surface area contributed by atoms with E-state index in [-0.39, 0.29) is 18.3 Å². The van der Waals surface area contributed by atoms with Crippen LogP contribution in [0.4, 0.5) is 4.39 Å². The molecule has 3 aromatic rings. The summed E-state index contributed by atoms with van der Waals surface area (Å²) >= 11 is 0. The number of hydrogen-bond donors (Lipinski definition) is 1. The minimum atomic E-state index is -0.951. The Balaban J connectivity index is 1.63. The lowest BCUT2D eigenvalue weighted by atomic mass is 9.93. The molecule has 1 aromatic heterocycles. The fraction of sp³-hybridized carbons (Fsp3) is 0.333. The van der Waals surface area contributed by atoms with Gasteiger partial charge >= 0.3 is 0 Å². The number of β-amino-alcohol motifs (C(OH)–C–C–N with tert-alkyl or cyclic N) is 1. The molecule has 2 aromatic carbocycles. The normalized spacial score (nSPS) is 13.8. The molecule has 0 bridgehead atoms. The predicted octanol–water partition coefficient (Wildman–Crippen LogP) is 3.89. The van der Waals surface area contributed by atoms with E-state index < -0.39 is 5.60 Å². The van der Waals surface area contributed by atoms with Crippen molar-refractivity contribution in [1.29, 1.82) is 0 Å². The Labute approximate surface area is 175 Å². The minimum absolute atomic E-state index is 0.0782. The van der Waals surface area contributed by atoms with Gasteiger partial charge in [0.05, 0.1) is 11.3 Å². The third kappa shape index (κ3) is 4.00. The monoisotopic (exact) mass is 407 g/mol. The van der Waals surface area contributed by atoms with Gasteiger partial charge in [-0.3, -0.25) is 4.79 Å². The molecule has 1 aliphatic rings. The molecule has 5 nitrogen and oxygen atoms in total. The summed E-state index contributed by atoms with van der Waals surface area (Å²) in [5.41, 5.74) is 4.00. The van der Waals surface area contributed by atoms with Gasteiger partial charge in [0.25, 0.3) is 5.91 Å². The van der Waals surface area contributed by atoms with Crippen molar-refractivity contribution in [3.63, 3.8) is 0 Å². The maximum atomic E-state index is 14.8. The second kappa shape index (κ2) is 7.69.